The van der Waals surface area contributed by atoms with Crippen LogP contribution in [0.1, 0.15) is 130 Å². The SMILES string of the molecule is CC(C)=CCC[C@](C)(O)[C@H]1CC[C@]2(C)[C@@H]1CC[C@@H]1[C@@]3(C)C/C(=C/c4ccc(C(F)(F)F)cc4C(F)(F)F)C(=O)C(C)(C)[C@@H]3CC[C@]12C. The molecular formula is C39H52F6O2. The predicted octanol–water partition coefficient (Wildman–Crippen LogP) is 11.5. The van der Waals surface area contributed by atoms with E-state index in [2.05, 4.69) is 40.7 Å². The highest BCUT2D eigenvalue weighted by Crippen LogP contribution is 2.76. The molecular weight excluding hydrogens is 614 g/mol. The van der Waals surface area contributed by atoms with Crippen LogP contribution in [-0.2, 0) is 17.1 Å². The topological polar surface area (TPSA) is 37.3 Å². The predicted molar refractivity (Wildman–Crippen MR) is 173 cm³/mol. The minimum atomic E-state index is -5.02. The lowest BCUT2D eigenvalue weighted by Crippen LogP contribution is -2.64. The van der Waals surface area contributed by atoms with Gasteiger partial charge in [-0.25, -0.2) is 0 Å². The zero-order valence-electron chi connectivity index (χ0n) is 29.2. The van der Waals surface area contributed by atoms with Gasteiger partial charge in [0, 0.05) is 5.41 Å². The molecule has 5 rings (SSSR count). The number of carbonyl (C=O) groups is 1. The number of carbonyl (C=O) groups excluding carboxylic acids is 1. The third-order valence-corrected chi connectivity index (χ3v) is 14.0. The molecule has 1 aromatic carbocycles. The molecule has 262 valence electrons. The minimum Gasteiger partial charge on any atom is -0.390 e. The third kappa shape index (κ3) is 5.84. The van der Waals surface area contributed by atoms with Gasteiger partial charge in [0.1, 0.15) is 0 Å². The van der Waals surface area contributed by atoms with E-state index in [4.69, 9.17) is 0 Å². The van der Waals surface area contributed by atoms with E-state index in [9.17, 15) is 36.2 Å². The number of ketones is 1. The van der Waals surface area contributed by atoms with Gasteiger partial charge in [0.25, 0.3) is 0 Å². The van der Waals surface area contributed by atoms with Gasteiger partial charge < -0.3 is 5.11 Å². The highest BCUT2D eigenvalue weighted by molar-refractivity contribution is 6.04. The summed E-state index contributed by atoms with van der Waals surface area (Å²) in [5.41, 5.74) is -3.80. The zero-order chi connectivity index (χ0) is 35.2. The van der Waals surface area contributed by atoms with E-state index >= 15 is 0 Å². The summed E-state index contributed by atoms with van der Waals surface area (Å²) in [7, 11) is 0. The van der Waals surface area contributed by atoms with Crippen molar-refractivity contribution in [2.24, 2.45) is 45.3 Å². The number of rotatable bonds is 5. The van der Waals surface area contributed by atoms with E-state index in [0.717, 1.165) is 51.0 Å². The van der Waals surface area contributed by atoms with Crippen molar-refractivity contribution in [1.82, 2.24) is 0 Å². The smallest absolute Gasteiger partial charge is 0.390 e. The lowest BCUT2D eigenvalue weighted by molar-refractivity contribution is -0.201. The Hall–Kier alpha value is -2.09. The summed E-state index contributed by atoms with van der Waals surface area (Å²) in [6, 6.07) is 1.67. The Morgan fingerprint density at radius 3 is 2.13 bits per heavy atom. The van der Waals surface area contributed by atoms with Crippen molar-refractivity contribution in [2.45, 2.75) is 131 Å². The molecule has 4 aliphatic rings. The van der Waals surface area contributed by atoms with Crippen molar-refractivity contribution in [3.63, 3.8) is 0 Å². The molecule has 4 fully saturated rings. The number of fused-ring (bicyclic) bond motifs is 5. The van der Waals surface area contributed by atoms with Gasteiger partial charge >= 0.3 is 12.4 Å². The first kappa shape index (κ1) is 36.2. The summed E-state index contributed by atoms with van der Waals surface area (Å²) in [6.07, 6.45) is 0.904. The van der Waals surface area contributed by atoms with Crippen molar-refractivity contribution < 1.29 is 36.2 Å². The number of hydrogen-bond acceptors (Lipinski definition) is 2. The number of benzene rings is 1. The van der Waals surface area contributed by atoms with Gasteiger partial charge in [-0.15, -0.1) is 0 Å². The van der Waals surface area contributed by atoms with Crippen molar-refractivity contribution in [3.05, 3.63) is 52.1 Å². The van der Waals surface area contributed by atoms with Crippen molar-refractivity contribution in [2.75, 3.05) is 0 Å². The quantitative estimate of drug-likeness (QED) is 0.193. The third-order valence-electron chi connectivity index (χ3n) is 14.0. The van der Waals surface area contributed by atoms with Gasteiger partial charge in [-0.05, 0) is 148 Å². The molecule has 1 aromatic rings. The number of alkyl halides is 6. The molecule has 0 spiro atoms. The zero-order valence-corrected chi connectivity index (χ0v) is 29.2. The fourth-order valence-electron chi connectivity index (χ4n) is 11.6. The standard InChI is InChI=1S/C39H52F6O2/c1-23(2)10-9-17-37(8,47)28-15-18-35(6)27(28)13-14-31-34(5)22-25(32(46)33(3,4)30(34)16-19-36(31,35)7)20-24-11-12-26(38(40,41)42)21-29(24)39(43,44)45/h10-12,20-21,27-28,30-31,47H,9,13-19,22H2,1-8H3/b25-20-/t27-,28+,30+,31-,34+,35-,36-,37+/m1/s1. The van der Waals surface area contributed by atoms with Gasteiger partial charge in [0.05, 0.1) is 16.7 Å². The molecule has 4 aliphatic carbocycles. The van der Waals surface area contributed by atoms with Crippen LogP contribution in [0.25, 0.3) is 6.08 Å². The molecule has 1 N–H and O–H groups in total. The molecule has 47 heavy (non-hydrogen) atoms. The lowest BCUT2D eigenvalue weighted by atomic mass is 9.35. The summed E-state index contributed by atoms with van der Waals surface area (Å²) >= 11 is 0. The fraction of sp³-hybridized carbons (Fsp3) is 0.718. The maximum Gasteiger partial charge on any atom is 0.417 e. The molecule has 0 amide bonds. The van der Waals surface area contributed by atoms with Crippen molar-refractivity contribution in [3.8, 4) is 0 Å². The molecule has 0 radical (unpaired) electrons. The van der Waals surface area contributed by atoms with Crippen LogP contribution in [0.4, 0.5) is 26.3 Å². The average molecular weight is 667 g/mol. The fourth-order valence-corrected chi connectivity index (χ4v) is 11.6. The summed E-state index contributed by atoms with van der Waals surface area (Å²) in [6.45, 7) is 16.9. The summed E-state index contributed by atoms with van der Waals surface area (Å²) < 4.78 is 82.5. The molecule has 8 atom stereocenters. The molecule has 2 nitrogen and oxygen atoms in total. The maximum atomic E-state index is 14.1. The first-order valence-corrected chi connectivity index (χ1v) is 17.3. The Bertz CT molecular complexity index is 1460. The second-order valence-electron chi connectivity index (χ2n) is 17.2. The van der Waals surface area contributed by atoms with Crippen molar-refractivity contribution in [1.29, 1.82) is 0 Å². The number of allylic oxidation sites excluding steroid dienone is 3. The van der Waals surface area contributed by atoms with Crippen LogP contribution < -0.4 is 0 Å². The molecule has 8 heteroatoms. The summed E-state index contributed by atoms with van der Waals surface area (Å²) in [5, 5.41) is 11.8. The van der Waals surface area contributed by atoms with Crippen LogP contribution in [0.15, 0.2) is 35.4 Å². The molecule has 0 aliphatic heterocycles. The number of hydrogen-bond donors (Lipinski definition) is 1. The van der Waals surface area contributed by atoms with Crippen LogP contribution in [0.5, 0.6) is 0 Å². The van der Waals surface area contributed by atoms with Crippen LogP contribution in [0, 0.1) is 45.3 Å². The highest BCUT2D eigenvalue weighted by atomic mass is 19.4. The minimum absolute atomic E-state index is 0.0249. The van der Waals surface area contributed by atoms with Crippen LogP contribution in [-0.4, -0.2) is 16.5 Å². The first-order valence-electron chi connectivity index (χ1n) is 17.3. The van der Waals surface area contributed by atoms with Gasteiger partial charge in [0.15, 0.2) is 5.78 Å². The second-order valence-corrected chi connectivity index (χ2v) is 17.2. The lowest BCUT2D eigenvalue weighted by Gasteiger charge is -2.69. The van der Waals surface area contributed by atoms with E-state index in [-0.39, 0.29) is 46.0 Å². The second kappa shape index (κ2) is 11.5. The first-order chi connectivity index (χ1) is 21.4. The summed E-state index contributed by atoms with van der Waals surface area (Å²) in [5.74, 6) is 0.540. The average Bonchev–Trinajstić information content (AvgIpc) is 3.29. The van der Waals surface area contributed by atoms with E-state index < -0.39 is 45.5 Å². The van der Waals surface area contributed by atoms with Gasteiger partial charge in [-0.2, -0.15) is 26.3 Å². The number of aliphatic hydroxyl groups is 1. The van der Waals surface area contributed by atoms with Gasteiger partial charge in [-0.1, -0.05) is 52.3 Å². The number of Topliss-reactive ketones (excluding diaryl/α,β-unsaturated/α-hetero) is 1. The Morgan fingerprint density at radius 2 is 1.53 bits per heavy atom. The van der Waals surface area contributed by atoms with E-state index in [1.165, 1.54) is 11.6 Å². The highest BCUT2D eigenvalue weighted by Gasteiger charge is 2.70. The monoisotopic (exact) mass is 666 g/mol. The number of halogens is 6. The van der Waals surface area contributed by atoms with Crippen LogP contribution in [0.2, 0.25) is 0 Å². The molecule has 0 heterocycles. The summed E-state index contributed by atoms with van der Waals surface area (Å²) in [4.78, 5) is 14.0. The molecule has 0 unspecified atom stereocenters. The Morgan fingerprint density at radius 1 is 0.894 bits per heavy atom. The van der Waals surface area contributed by atoms with E-state index in [1.807, 2.05) is 20.8 Å². The van der Waals surface area contributed by atoms with Crippen LogP contribution in [0.3, 0.4) is 0 Å². The van der Waals surface area contributed by atoms with E-state index in [1.54, 1.807) is 0 Å². The Balaban J connectivity index is 1.52. The molecule has 0 bridgehead atoms. The Kier molecular flexibility index (Phi) is 8.84. The normalized spacial score (nSPS) is 37.5. The van der Waals surface area contributed by atoms with E-state index in [0.29, 0.717) is 24.8 Å². The van der Waals surface area contributed by atoms with Crippen LogP contribution >= 0.6 is 0 Å². The Labute approximate surface area is 276 Å². The largest absolute Gasteiger partial charge is 0.417 e. The maximum absolute atomic E-state index is 14.1. The van der Waals surface area contributed by atoms with Crippen molar-refractivity contribution >= 4 is 11.9 Å². The molecule has 0 saturated heterocycles. The van der Waals surface area contributed by atoms with Gasteiger partial charge in [-0.3, -0.25) is 4.79 Å². The molecule has 0 aromatic heterocycles. The molecule has 4 saturated carbocycles. The van der Waals surface area contributed by atoms with Gasteiger partial charge in [0.2, 0.25) is 0 Å².